The standard InChI is InChI=1S/C9H12N2O2.C3H4O2/c1-3-9(10-7-12)5-6-11(4-2)8(9)13;1-2-3(4)5/h3-4,7H,1-2,5-6H2,(H,10,12);2H,1H2,(H,4,5). The van der Waals surface area contributed by atoms with Gasteiger partial charge >= 0.3 is 5.97 Å². The molecule has 6 nitrogen and oxygen atoms in total. The lowest BCUT2D eigenvalue weighted by Crippen LogP contribution is -2.48. The van der Waals surface area contributed by atoms with Crippen molar-refractivity contribution in [2.75, 3.05) is 6.54 Å². The van der Waals surface area contributed by atoms with Crippen molar-refractivity contribution >= 4 is 18.3 Å². The number of hydrogen-bond donors (Lipinski definition) is 2. The fourth-order valence-electron chi connectivity index (χ4n) is 1.42. The first kappa shape index (κ1) is 15.6. The monoisotopic (exact) mass is 252 g/mol. The zero-order chi connectivity index (χ0) is 14.2. The molecule has 1 aliphatic rings. The SMILES string of the molecule is C=CC(=O)O.C=CN1CCC(C=C)(NC=O)C1=O. The maximum absolute atomic E-state index is 11.6. The molecular formula is C12H16N2O4. The second-order valence-corrected chi connectivity index (χ2v) is 3.41. The number of aliphatic carboxylic acids is 1. The molecule has 0 aromatic carbocycles. The molecule has 1 heterocycles. The predicted octanol–water partition coefficient (Wildman–Crippen LogP) is 0.290. The van der Waals surface area contributed by atoms with Gasteiger partial charge in [0.05, 0.1) is 0 Å². The van der Waals surface area contributed by atoms with Gasteiger partial charge < -0.3 is 15.3 Å². The third-order valence-corrected chi connectivity index (χ3v) is 2.45. The molecule has 18 heavy (non-hydrogen) atoms. The number of nitrogens with one attached hydrogen (secondary N) is 1. The molecule has 2 amide bonds. The van der Waals surface area contributed by atoms with E-state index in [9.17, 15) is 14.4 Å². The van der Waals surface area contributed by atoms with Gasteiger partial charge in [-0.25, -0.2) is 4.79 Å². The minimum absolute atomic E-state index is 0.176. The molecule has 1 unspecified atom stereocenters. The highest BCUT2D eigenvalue weighted by Crippen LogP contribution is 2.23. The highest BCUT2D eigenvalue weighted by molar-refractivity contribution is 5.93. The van der Waals surface area contributed by atoms with Crippen LogP contribution in [0.25, 0.3) is 0 Å². The van der Waals surface area contributed by atoms with Crippen molar-refractivity contribution in [3.8, 4) is 0 Å². The highest BCUT2D eigenvalue weighted by atomic mass is 16.4. The predicted molar refractivity (Wildman–Crippen MR) is 66.5 cm³/mol. The summed E-state index contributed by atoms with van der Waals surface area (Å²) < 4.78 is 0. The van der Waals surface area contributed by atoms with Crippen LogP contribution in [0.2, 0.25) is 0 Å². The number of nitrogens with zero attached hydrogens (tertiary/aromatic N) is 1. The van der Waals surface area contributed by atoms with Crippen LogP contribution in [0.1, 0.15) is 6.42 Å². The molecule has 2 N–H and O–H groups in total. The lowest BCUT2D eigenvalue weighted by Gasteiger charge is -2.21. The molecule has 0 aliphatic carbocycles. The number of hydrogen-bond acceptors (Lipinski definition) is 3. The fourth-order valence-corrected chi connectivity index (χ4v) is 1.42. The molecule has 0 saturated carbocycles. The van der Waals surface area contributed by atoms with Crippen LogP contribution in [0.5, 0.6) is 0 Å². The number of carboxylic acids is 1. The minimum atomic E-state index is -0.981. The van der Waals surface area contributed by atoms with E-state index in [-0.39, 0.29) is 5.91 Å². The highest BCUT2D eigenvalue weighted by Gasteiger charge is 2.43. The Morgan fingerprint density at radius 1 is 1.44 bits per heavy atom. The fraction of sp³-hybridized carbons (Fsp3) is 0.250. The van der Waals surface area contributed by atoms with E-state index in [1.807, 2.05) is 0 Å². The van der Waals surface area contributed by atoms with Crippen LogP contribution in [0, 0.1) is 0 Å². The molecule has 1 aliphatic heterocycles. The van der Waals surface area contributed by atoms with E-state index < -0.39 is 11.5 Å². The Hall–Kier alpha value is -2.37. The number of amides is 2. The summed E-state index contributed by atoms with van der Waals surface area (Å²) >= 11 is 0. The van der Waals surface area contributed by atoms with E-state index in [0.29, 0.717) is 19.4 Å². The average Bonchev–Trinajstić information content (AvgIpc) is 2.68. The molecule has 0 aromatic rings. The van der Waals surface area contributed by atoms with E-state index in [0.717, 1.165) is 6.08 Å². The zero-order valence-electron chi connectivity index (χ0n) is 9.96. The molecule has 1 fully saturated rings. The van der Waals surface area contributed by atoms with Crippen molar-refractivity contribution in [1.29, 1.82) is 0 Å². The van der Waals surface area contributed by atoms with E-state index in [1.165, 1.54) is 17.2 Å². The Labute approximate surface area is 105 Å². The number of carbonyl (C=O) groups is 3. The zero-order valence-corrected chi connectivity index (χ0v) is 9.96. The van der Waals surface area contributed by atoms with Crippen molar-refractivity contribution in [2.24, 2.45) is 0 Å². The van der Waals surface area contributed by atoms with Crippen molar-refractivity contribution < 1.29 is 19.5 Å². The van der Waals surface area contributed by atoms with Crippen LogP contribution in [0.15, 0.2) is 38.1 Å². The number of likely N-dealkylation sites (tertiary alicyclic amines) is 1. The maximum atomic E-state index is 11.6. The summed E-state index contributed by atoms with van der Waals surface area (Å²) in [5.74, 6) is -1.16. The topological polar surface area (TPSA) is 86.7 Å². The van der Waals surface area contributed by atoms with Crippen LogP contribution in [-0.2, 0) is 14.4 Å². The number of carboxylic acid groups (broad SMARTS) is 1. The first-order chi connectivity index (χ1) is 8.47. The molecule has 6 heteroatoms. The van der Waals surface area contributed by atoms with E-state index in [2.05, 4.69) is 25.1 Å². The van der Waals surface area contributed by atoms with Crippen LogP contribution in [0.4, 0.5) is 0 Å². The molecular weight excluding hydrogens is 236 g/mol. The van der Waals surface area contributed by atoms with Gasteiger partial charge in [-0.2, -0.15) is 0 Å². The van der Waals surface area contributed by atoms with Crippen molar-refractivity contribution in [3.05, 3.63) is 38.1 Å². The normalized spacial score (nSPS) is 21.3. The molecule has 0 bridgehead atoms. The van der Waals surface area contributed by atoms with Crippen LogP contribution >= 0.6 is 0 Å². The van der Waals surface area contributed by atoms with Gasteiger partial charge in [0.2, 0.25) is 6.41 Å². The van der Waals surface area contributed by atoms with Crippen LogP contribution in [0.3, 0.4) is 0 Å². The summed E-state index contributed by atoms with van der Waals surface area (Å²) in [5, 5.41) is 10.1. The lowest BCUT2D eigenvalue weighted by atomic mass is 9.98. The molecule has 1 saturated heterocycles. The summed E-state index contributed by atoms with van der Waals surface area (Å²) in [7, 11) is 0. The first-order valence-electron chi connectivity index (χ1n) is 5.11. The van der Waals surface area contributed by atoms with Gasteiger partial charge in [0.15, 0.2) is 0 Å². The second kappa shape index (κ2) is 7.05. The van der Waals surface area contributed by atoms with Gasteiger partial charge in [-0.15, -0.1) is 6.58 Å². The largest absolute Gasteiger partial charge is 0.478 e. The molecule has 0 spiro atoms. The number of carbonyl (C=O) groups excluding carboxylic acids is 2. The van der Waals surface area contributed by atoms with Gasteiger partial charge in [0.1, 0.15) is 5.54 Å². The van der Waals surface area contributed by atoms with Gasteiger partial charge in [-0.05, 0) is 6.20 Å². The Bertz CT molecular complexity index is 378. The summed E-state index contributed by atoms with van der Waals surface area (Å²) in [6, 6.07) is 0. The van der Waals surface area contributed by atoms with Gasteiger partial charge in [0, 0.05) is 19.0 Å². The lowest BCUT2D eigenvalue weighted by molar-refractivity contribution is -0.131. The maximum Gasteiger partial charge on any atom is 0.327 e. The van der Waals surface area contributed by atoms with E-state index in [4.69, 9.17) is 5.11 Å². The average molecular weight is 252 g/mol. The summed E-state index contributed by atoms with van der Waals surface area (Å²) in [5.41, 5.74) is -0.921. The van der Waals surface area contributed by atoms with Crippen molar-refractivity contribution in [2.45, 2.75) is 12.0 Å². The number of rotatable bonds is 5. The Kier molecular flexibility index (Phi) is 6.12. The Morgan fingerprint density at radius 2 is 2.00 bits per heavy atom. The molecule has 98 valence electrons. The third kappa shape index (κ3) is 3.58. The molecule has 1 atom stereocenters. The Balaban J connectivity index is 0.000000494. The van der Waals surface area contributed by atoms with Gasteiger partial charge in [-0.3, -0.25) is 9.59 Å². The van der Waals surface area contributed by atoms with E-state index >= 15 is 0 Å². The minimum Gasteiger partial charge on any atom is -0.478 e. The van der Waals surface area contributed by atoms with Crippen molar-refractivity contribution in [1.82, 2.24) is 10.2 Å². The summed E-state index contributed by atoms with van der Waals surface area (Å²) in [6.07, 6.45) is 4.82. The summed E-state index contributed by atoms with van der Waals surface area (Å²) in [6.45, 7) is 10.6. The van der Waals surface area contributed by atoms with Crippen molar-refractivity contribution in [3.63, 3.8) is 0 Å². The summed E-state index contributed by atoms with van der Waals surface area (Å²) in [4.78, 5) is 32.7. The quantitative estimate of drug-likeness (QED) is 0.418. The third-order valence-electron chi connectivity index (χ3n) is 2.45. The molecule has 0 radical (unpaired) electrons. The molecule has 0 aromatic heterocycles. The van der Waals surface area contributed by atoms with Crippen LogP contribution < -0.4 is 5.32 Å². The van der Waals surface area contributed by atoms with E-state index in [1.54, 1.807) is 0 Å². The van der Waals surface area contributed by atoms with Gasteiger partial charge in [0.25, 0.3) is 5.91 Å². The second-order valence-electron chi connectivity index (χ2n) is 3.41. The van der Waals surface area contributed by atoms with Crippen LogP contribution in [-0.4, -0.2) is 40.4 Å². The smallest absolute Gasteiger partial charge is 0.327 e. The first-order valence-corrected chi connectivity index (χ1v) is 5.11. The Morgan fingerprint density at radius 3 is 2.28 bits per heavy atom. The van der Waals surface area contributed by atoms with Gasteiger partial charge in [-0.1, -0.05) is 19.2 Å². The molecule has 1 rings (SSSR count).